The first-order chi connectivity index (χ1) is 8.13. The van der Waals surface area contributed by atoms with Crippen molar-refractivity contribution in [3.63, 3.8) is 0 Å². The largest absolute Gasteiger partial charge is 0.466 e. The standard InChI is InChI=1S/C13H25NO3/c1-4-7-9-17-13(16)10-11(6-3)14-12(15)8-5-2/h11H,4-10H2,1-3H3,(H,14,15)/t11-/m1/s1. The molecule has 0 aliphatic carbocycles. The van der Waals surface area contributed by atoms with Crippen LogP contribution in [0.15, 0.2) is 0 Å². The highest BCUT2D eigenvalue weighted by Gasteiger charge is 2.14. The Morgan fingerprint density at radius 1 is 1.18 bits per heavy atom. The highest BCUT2D eigenvalue weighted by atomic mass is 16.5. The predicted octanol–water partition coefficient (Wildman–Crippen LogP) is 2.41. The zero-order valence-electron chi connectivity index (χ0n) is 11.3. The van der Waals surface area contributed by atoms with Crippen LogP contribution in [-0.4, -0.2) is 24.5 Å². The molecule has 0 aliphatic heterocycles. The fraction of sp³-hybridized carbons (Fsp3) is 0.846. The lowest BCUT2D eigenvalue weighted by Crippen LogP contribution is -2.36. The Morgan fingerprint density at radius 3 is 2.41 bits per heavy atom. The fourth-order valence-corrected chi connectivity index (χ4v) is 1.41. The van der Waals surface area contributed by atoms with Crippen molar-refractivity contribution in [1.82, 2.24) is 5.32 Å². The second kappa shape index (κ2) is 10.1. The molecule has 0 heterocycles. The molecule has 100 valence electrons. The summed E-state index contributed by atoms with van der Waals surface area (Å²) in [5.74, 6) is -0.206. The van der Waals surface area contributed by atoms with E-state index in [2.05, 4.69) is 5.32 Å². The van der Waals surface area contributed by atoms with Gasteiger partial charge in [0.1, 0.15) is 0 Å². The maximum atomic E-state index is 11.5. The lowest BCUT2D eigenvalue weighted by atomic mass is 10.1. The van der Waals surface area contributed by atoms with Crippen molar-refractivity contribution in [2.45, 2.75) is 65.3 Å². The zero-order valence-corrected chi connectivity index (χ0v) is 11.3. The molecule has 0 saturated carbocycles. The van der Waals surface area contributed by atoms with Crippen LogP contribution in [0.25, 0.3) is 0 Å². The van der Waals surface area contributed by atoms with Gasteiger partial charge < -0.3 is 10.1 Å². The highest BCUT2D eigenvalue weighted by molar-refractivity contribution is 5.77. The minimum atomic E-state index is -0.220. The molecule has 1 atom stereocenters. The topological polar surface area (TPSA) is 55.4 Å². The SMILES string of the molecule is CCCCOC(=O)C[C@@H](CC)NC(=O)CCC. The third-order valence-corrected chi connectivity index (χ3v) is 2.51. The van der Waals surface area contributed by atoms with Crippen LogP contribution in [0.2, 0.25) is 0 Å². The minimum Gasteiger partial charge on any atom is -0.466 e. The van der Waals surface area contributed by atoms with Crippen molar-refractivity contribution >= 4 is 11.9 Å². The van der Waals surface area contributed by atoms with Gasteiger partial charge in [-0.25, -0.2) is 0 Å². The van der Waals surface area contributed by atoms with E-state index in [0.717, 1.165) is 25.7 Å². The van der Waals surface area contributed by atoms with Crippen molar-refractivity contribution in [1.29, 1.82) is 0 Å². The van der Waals surface area contributed by atoms with Crippen molar-refractivity contribution in [2.75, 3.05) is 6.61 Å². The van der Waals surface area contributed by atoms with Crippen LogP contribution in [0.1, 0.15) is 59.3 Å². The number of ether oxygens (including phenoxy) is 1. The third-order valence-electron chi connectivity index (χ3n) is 2.51. The average molecular weight is 243 g/mol. The lowest BCUT2D eigenvalue weighted by molar-refractivity contribution is -0.144. The number of unbranched alkanes of at least 4 members (excludes halogenated alkanes) is 1. The summed E-state index contributed by atoms with van der Waals surface area (Å²) in [6, 6.07) is -0.0943. The van der Waals surface area contributed by atoms with Crippen LogP contribution in [0.5, 0.6) is 0 Å². The van der Waals surface area contributed by atoms with Crippen LogP contribution in [0.4, 0.5) is 0 Å². The molecule has 1 N–H and O–H groups in total. The second-order valence-electron chi connectivity index (χ2n) is 4.20. The maximum Gasteiger partial charge on any atom is 0.307 e. The smallest absolute Gasteiger partial charge is 0.307 e. The van der Waals surface area contributed by atoms with Crippen LogP contribution < -0.4 is 5.32 Å². The molecule has 0 aliphatic rings. The van der Waals surface area contributed by atoms with Crippen LogP contribution in [0.3, 0.4) is 0 Å². The van der Waals surface area contributed by atoms with E-state index >= 15 is 0 Å². The Balaban J connectivity index is 3.86. The van der Waals surface area contributed by atoms with Gasteiger partial charge in [0, 0.05) is 12.5 Å². The summed E-state index contributed by atoms with van der Waals surface area (Å²) in [6.07, 6.45) is 4.26. The van der Waals surface area contributed by atoms with Crippen molar-refractivity contribution in [3.8, 4) is 0 Å². The lowest BCUT2D eigenvalue weighted by Gasteiger charge is -2.16. The summed E-state index contributed by atoms with van der Waals surface area (Å²) >= 11 is 0. The molecular formula is C13H25NO3. The Hall–Kier alpha value is -1.06. The first kappa shape index (κ1) is 15.9. The number of amides is 1. The van der Waals surface area contributed by atoms with Crippen molar-refractivity contribution < 1.29 is 14.3 Å². The molecule has 0 aromatic rings. The van der Waals surface area contributed by atoms with E-state index in [1.54, 1.807) is 0 Å². The van der Waals surface area contributed by atoms with E-state index < -0.39 is 0 Å². The van der Waals surface area contributed by atoms with Gasteiger partial charge >= 0.3 is 5.97 Å². The van der Waals surface area contributed by atoms with E-state index in [1.807, 2.05) is 20.8 Å². The van der Waals surface area contributed by atoms with Gasteiger partial charge in [0.15, 0.2) is 0 Å². The van der Waals surface area contributed by atoms with Gasteiger partial charge in [-0.3, -0.25) is 9.59 Å². The number of carbonyl (C=O) groups is 2. The molecule has 0 radical (unpaired) electrons. The van der Waals surface area contributed by atoms with Crippen LogP contribution in [-0.2, 0) is 14.3 Å². The molecule has 0 bridgehead atoms. The minimum absolute atomic E-state index is 0.0145. The molecule has 0 spiro atoms. The molecule has 4 heteroatoms. The highest BCUT2D eigenvalue weighted by Crippen LogP contribution is 2.02. The van der Waals surface area contributed by atoms with Gasteiger partial charge in [0.25, 0.3) is 0 Å². The molecule has 0 saturated heterocycles. The second-order valence-corrected chi connectivity index (χ2v) is 4.20. The normalized spacial score (nSPS) is 11.9. The fourth-order valence-electron chi connectivity index (χ4n) is 1.41. The Labute approximate surface area is 104 Å². The van der Waals surface area contributed by atoms with Gasteiger partial charge in [0.05, 0.1) is 13.0 Å². The van der Waals surface area contributed by atoms with Crippen molar-refractivity contribution in [3.05, 3.63) is 0 Å². The van der Waals surface area contributed by atoms with E-state index in [0.29, 0.717) is 13.0 Å². The first-order valence-corrected chi connectivity index (χ1v) is 6.58. The van der Waals surface area contributed by atoms with E-state index in [4.69, 9.17) is 4.74 Å². The van der Waals surface area contributed by atoms with E-state index in [-0.39, 0.29) is 24.3 Å². The maximum absolute atomic E-state index is 11.5. The number of hydrogen-bond acceptors (Lipinski definition) is 3. The number of hydrogen-bond donors (Lipinski definition) is 1. The molecule has 1 amide bonds. The monoisotopic (exact) mass is 243 g/mol. The van der Waals surface area contributed by atoms with Crippen LogP contribution >= 0.6 is 0 Å². The summed E-state index contributed by atoms with van der Waals surface area (Å²) < 4.78 is 5.07. The Bertz CT molecular complexity index is 229. The first-order valence-electron chi connectivity index (χ1n) is 6.58. The molecule has 0 aromatic carbocycles. The zero-order chi connectivity index (χ0) is 13.1. The molecule has 4 nitrogen and oxygen atoms in total. The van der Waals surface area contributed by atoms with Gasteiger partial charge in [-0.2, -0.15) is 0 Å². The molecule has 0 unspecified atom stereocenters. The van der Waals surface area contributed by atoms with Gasteiger partial charge in [-0.05, 0) is 19.3 Å². The Kier molecular flexibility index (Phi) is 9.49. The van der Waals surface area contributed by atoms with E-state index in [9.17, 15) is 9.59 Å². The molecule has 17 heavy (non-hydrogen) atoms. The number of nitrogens with one attached hydrogen (secondary N) is 1. The Morgan fingerprint density at radius 2 is 1.88 bits per heavy atom. The summed E-state index contributed by atoms with van der Waals surface area (Å²) in [7, 11) is 0. The van der Waals surface area contributed by atoms with Gasteiger partial charge in [-0.1, -0.05) is 27.2 Å². The van der Waals surface area contributed by atoms with Crippen molar-refractivity contribution in [2.24, 2.45) is 0 Å². The predicted molar refractivity (Wildman–Crippen MR) is 67.6 cm³/mol. The number of carbonyl (C=O) groups excluding carboxylic acids is 2. The summed E-state index contributed by atoms with van der Waals surface area (Å²) in [5.41, 5.74) is 0. The molecule has 0 aromatic heterocycles. The van der Waals surface area contributed by atoms with Gasteiger partial charge in [-0.15, -0.1) is 0 Å². The molecule has 0 fully saturated rings. The summed E-state index contributed by atoms with van der Waals surface area (Å²) in [4.78, 5) is 22.8. The van der Waals surface area contributed by atoms with Gasteiger partial charge in [0.2, 0.25) is 5.91 Å². The van der Waals surface area contributed by atoms with Crippen LogP contribution in [0, 0.1) is 0 Å². The molecular weight excluding hydrogens is 218 g/mol. The number of esters is 1. The quantitative estimate of drug-likeness (QED) is 0.500. The van der Waals surface area contributed by atoms with E-state index in [1.165, 1.54) is 0 Å². The molecule has 0 rings (SSSR count). The summed E-state index contributed by atoms with van der Waals surface area (Å²) in [6.45, 7) is 6.44. The number of rotatable bonds is 9. The average Bonchev–Trinajstić information content (AvgIpc) is 2.28. The third kappa shape index (κ3) is 8.72. The summed E-state index contributed by atoms with van der Waals surface area (Å²) in [5, 5.41) is 2.85.